The lowest BCUT2D eigenvalue weighted by Crippen LogP contribution is -2.07. The van der Waals surface area contributed by atoms with E-state index in [-0.39, 0.29) is 11.8 Å². The highest BCUT2D eigenvalue weighted by Gasteiger charge is 2.07. The Hall–Kier alpha value is -0.920. The van der Waals surface area contributed by atoms with Gasteiger partial charge in [-0.3, -0.25) is 4.79 Å². The summed E-state index contributed by atoms with van der Waals surface area (Å²) in [4.78, 5) is 14.1. The molecule has 0 saturated carbocycles. The molecule has 0 radical (unpaired) electrons. The van der Waals surface area contributed by atoms with Gasteiger partial charge in [-0.15, -0.1) is 0 Å². The molecule has 1 aliphatic heterocycles. The lowest BCUT2D eigenvalue weighted by atomic mass is 10.1. The van der Waals surface area contributed by atoms with Crippen molar-refractivity contribution in [1.82, 2.24) is 0 Å². The molecule has 0 saturated heterocycles. The van der Waals surface area contributed by atoms with Gasteiger partial charge >= 0.3 is 0 Å². The number of hydrogen-bond donors (Lipinski definition) is 0. The van der Waals surface area contributed by atoms with Gasteiger partial charge in [0.05, 0.1) is 5.92 Å². The van der Waals surface area contributed by atoms with Gasteiger partial charge in [-0.25, -0.2) is 4.99 Å². The van der Waals surface area contributed by atoms with E-state index in [0.29, 0.717) is 0 Å². The van der Waals surface area contributed by atoms with E-state index in [0.717, 1.165) is 0 Å². The van der Waals surface area contributed by atoms with E-state index in [1.54, 1.807) is 6.08 Å². The molecule has 0 fully saturated rings. The summed E-state index contributed by atoms with van der Waals surface area (Å²) in [6.07, 6.45) is 5.13. The maximum Gasteiger partial charge on any atom is 0.252 e. The monoisotopic (exact) mass is 109 g/mol. The molecule has 0 bridgehead atoms. The summed E-state index contributed by atoms with van der Waals surface area (Å²) in [5, 5.41) is 0. The molecule has 1 atom stereocenters. The highest BCUT2D eigenvalue weighted by atomic mass is 16.1. The van der Waals surface area contributed by atoms with E-state index in [2.05, 4.69) is 4.99 Å². The van der Waals surface area contributed by atoms with E-state index in [9.17, 15) is 4.79 Å². The molecular weight excluding hydrogens is 102 g/mol. The van der Waals surface area contributed by atoms with Crippen molar-refractivity contribution in [2.45, 2.75) is 6.92 Å². The second kappa shape index (κ2) is 1.90. The van der Waals surface area contributed by atoms with Gasteiger partial charge in [-0.1, -0.05) is 6.08 Å². The standard InChI is InChI=1S/C6H7NO/c1-5-3-2-4-7-6(5)8/h2-5H,1H3/t5-/m0/s1. The molecule has 1 amide bonds. The van der Waals surface area contributed by atoms with Crippen molar-refractivity contribution in [2.24, 2.45) is 10.9 Å². The van der Waals surface area contributed by atoms with Crippen molar-refractivity contribution in [3.8, 4) is 0 Å². The van der Waals surface area contributed by atoms with Crippen LogP contribution in [0.1, 0.15) is 6.92 Å². The number of dihydropyridines is 1. The molecule has 42 valence electrons. The Balaban J connectivity index is 2.74. The lowest BCUT2D eigenvalue weighted by Gasteiger charge is -2.00. The molecule has 1 heterocycles. The van der Waals surface area contributed by atoms with Crippen molar-refractivity contribution in [2.75, 3.05) is 0 Å². The molecular formula is C6H7NO. The van der Waals surface area contributed by atoms with E-state index < -0.39 is 0 Å². The van der Waals surface area contributed by atoms with Gasteiger partial charge < -0.3 is 0 Å². The summed E-state index contributed by atoms with van der Waals surface area (Å²) < 4.78 is 0. The molecule has 0 spiro atoms. The molecule has 0 aromatic heterocycles. The number of aliphatic imine (C=N–C) groups is 1. The maximum absolute atomic E-state index is 10.5. The first-order valence-corrected chi connectivity index (χ1v) is 2.55. The van der Waals surface area contributed by atoms with Crippen LogP contribution in [0.15, 0.2) is 17.1 Å². The Morgan fingerprint density at radius 2 is 2.50 bits per heavy atom. The molecule has 8 heavy (non-hydrogen) atoms. The van der Waals surface area contributed by atoms with Crippen molar-refractivity contribution in [3.63, 3.8) is 0 Å². The predicted octanol–water partition coefficient (Wildman–Crippen LogP) is 0.790. The van der Waals surface area contributed by atoms with Crippen molar-refractivity contribution in [3.05, 3.63) is 12.2 Å². The Bertz CT molecular complexity index is 158. The quantitative estimate of drug-likeness (QED) is 0.452. The highest BCUT2D eigenvalue weighted by Crippen LogP contribution is 2.02. The Morgan fingerprint density at radius 3 is 2.88 bits per heavy atom. The van der Waals surface area contributed by atoms with Gasteiger partial charge in [0, 0.05) is 6.21 Å². The zero-order chi connectivity index (χ0) is 5.98. The Labute approximate surface area is 47.9 Å². The summed E-state index contributed by atoms with van der Waals surface area (Å²) in [5.74, 6) is -0.0625. The van der Waals surface area contributed by atoms with Crippen LogP contribution in [0.3, 0.4) is 0 Å². The van der Waals surface area contributed by atoms with Gasteiger partial charge in [-0.2, -0.15) is 0 Å². The van der Waals surface area contributed by atoms with E-state index in [1.807, 2.05) is 13.0 Å². The molecule has 0 aromatic rings. The predicted molar refractivity (Wildman–Crippen MR) is 31.8 cm³/mol. The number of rotatable bonds is 0. The van der Waals surface area contributed by atoms with Crippen LogP contribution >= 0.6 is 0 Å². The summed E-state index contributed by atoms with van der Waals surface area (Å²) in [6.45, 7) is 1.83. The molecule has 2 nitrogen and oxygen atoms in total. The van der Waals surface area contributed by atoms with Crippen LogP contribution in [0, 0.1) is 5.92 Å². The minimum absolute atomic E-state index is 0.0139. The van der Waals surface area contributed by atoms with E-state index in [1.165, 1.54) is 6.21 Å². The topological polar surface area (TPSA) is 29.4 Å². The van der Waals surface area contributed by atoms with Crippen LogP contribution in [0.5, 0.6) is 0 Å². The average Bonchev–Trinajstić information content (AvgIpc) is 1.77. The molecule has 0 aliphatic carbocycles. The largest absolute Gasteiger partial charge is 0.272 e. The summed E-state index contributed by atoms with van der Waals surface area (Å²) >= 11 is 0. The molecule has 1 rings (SSSR count). The molecule has 1 aliphatic rings. The number of nitrogens with zero attached hydrogens (tertiary/aromatic N) is 1. The smallest absolute Gasteiger partial charge is 0.252 e. The van der Waals surface area contributed by atoms with Gasteiger partial charge in [0.1, 0.15) is 0 Å². The SMILES string of the molecule is C[C@H]1C=CC=NC1=O. The Morgan fingerprint density at radius 1 is 1.75 bits per heavy atom. The van der Waals surface area contributed by atoms with Gasteiger partial charge in [0.15, 0.2) is 0 Å². The second-order valence-corrected chi connectivity index (χ2v) is 1.79. The first kappa shape index (κ1) is 5.22. The van der Waals surface area contributed by atoms with Crippen LogP contribution in [0.2, 0.25) is 0 Å². The number of carbonyl (C=O) groups excluding carboxylic acids is 1. The molecule has 0 unspecified atom stereocenters. The normalized spacial score (nSPS) is 26.6. The van der Waals surface area contributed by atoms with E-state index in [4.69, 9.17) is 0 Å². The fraction of sp³-hybridized carbons (Fsp3) is 0.333. The van der Waals surface area contributed by atoms with Gasteiger partial charge in [0.25, 0.3) is 5.91 Å². The van der Waals surface area contributed by atoms with Crippen LogP contribution in [0.4, 0.5) is 0 Å². The Kier molecular flexibility index (Phi) is 1.24. The first-order chi connectivity index (χ1) is 3.80. The van der Waals surface area contributed by atoms with Crippen LogP contribution in [0.25, 0.3) is 0 Å². The maximum atomic E-state index is 10.5. The molecule has 0 aromatic carbocycles. The number of hydrogen-bond acceptors (Lipinski definition) is 1. The number of allylic oxidation sites excluding steroid dienone is 1. The average molecular weight is 109 g/mol. The second-order valence-electron chi connectivity index (χ2n) is 1.79. The third-order valence-electron chi connectivity index (χ3n) is 1.08. The lowest BCUT2D eigenvalue weighted by molar-refractivity contribution is -0.119. The third kappa shape index (κ3) is 0.832. The van der Waals surface area contributed by atoms with Gasteiger partial charge in [-0.05, 0) is 13.0 Å². The van der Waals surface area contributed by atoms with Crippen molar-refractivity contribution < 1.29 is 4.79 Å². The summed E-state index contributed by atoms with van der Waals surface area (Å²) in [6, 6.07) is 0. The van der Waals surface area contributed by atoms with Crippen LogP contribution < -0.4 is 0 Å². The van der Waals surface area contributed by atoms with Crippen molar-refractivity contribution in [1.29, 1.82) is 0 Å². The summed E-state index contributed by atoms with van der Waals surface area (Å²) in [7, 11) is 0. The van der Waals surface area contributed by atoms with E-state index >= 15 is 0 Å². The zero-order valence-electron chi connectivity index (χ0n) is 4.66. The fourth-order valence-corrected chi connectivity index (χ4v) is 0.533. The molecule has 0 N–H and O–H groups in total. The third-order valence-corrected chi connectivity index (χ3v) is 1.08. The minimum atomic E-state index is -0.0486. The first-order valence-electron chi connectivity index (χ1n) is 2.55. The zero-order valence-corrected chi connectivity index (χ0v) is 4.66. The van der Waals surface area contributed by atoms with Gasteiger partial charge in [0.2, 0.25) is 0 Å². The minimum Gasteiger partial charge on any atom is -0.272 e. The van der Waals surface area contributed by atoms with Crippen LogP contribution in [-0.4, -0.2) is 12.1 Å². The number of carbonyl (C=O) groups is 1. The summed E-state index contributed by atoms with van der Waals surface area (Å²) in [5.41, 5.74) is 0. The van der Waals surface area contributed by atoms with Crippen molar-refractivity contribution >= 4 is 12.1 Å². The highest BCUT2D eigenvalue weighted by molar-refractivity contribution is 5.94. The molecule has 2 heteroatoms. The van der Waals surface area contributed by atoms with Crippen LogP contribution in [-0.2, 0) is 4.79 Å². The fourth-order valence-electron chi connectivity index (χ4n) is 0.533. The number of amides is 1.